The lowest BCUT2D eigenvalue weighted by atomic mass is 9.96. The second-order valence-corrected chi connectivity index (χ2v) is 7.30. The summed E-state index contributed by atoms with van der Waals surface area (Å²) in [5.41, 5.74) is 7.31. The first kappa shape index (κ1) is 18.3. The van der Waals surface area contributed by atoms with Crippen LogP contribution in [0.1, 0.15) is 43.4 Å². The van der Waals surface area contributed by atoms with Crippen molar-refractivity contribution in [3.63, 3.8) is 0 Å². The van der Waals surface area contributed by atoms with Gasteiger partial charge in [0.15, 0.2) is 11.8 Å². The van der Waals surface area contributed by atoms with Crippen LogP contribution in [0.2, 0.25) is 0 Å². The van der Waals surface area contributed by atoms with E-state index >= 15 is 0 Å². The van der Waals surface area contributed by atoms with Gasteiger partial charge in [-0.1, -0.05) is 36.3 Å². The molecule has 1 saturated heterocycles. The zero-order valence-corrected chi connectivity index (χ0v) is 16.4. The van der Waals surface area contributed by atoms with E-state index in [4.69, 9.17) is 15.0 Å². The smallest absolute Gasteiger partial charge is 0.198 e. The highest BCUT2D eigenvalue weighted by molar-refractivity contribution is 5.84. The molecule has 0 spiro atoms. The number of nitrogens with two attached hydrogens (primary N) is 1. The molecule has 6 nitrogen and oxygen atoms in total. The first-order valence-corrected chi connectivity index (χ1v) is 9.77. The summed E-state index contributed by atoms with van der Waals surface area (Å²) in [6.45, 7) is 4.02. The minimum atomic E-state index is 0.0687. The molecule has 1 atom stereocenters. The van der Waals surface area contributed by atoms with Crippen LogP contribution in [0.25, 0.3) is 10.8 Å². The molecule has 1 aromatic heterocycles. The second kappa shape index (κ2) is 7.92. The van der Waals surface area contributed by atoms with Crippen LogP contribution >= 0.6 is 0 Å². The standard InChI is InChI=1S/C22H26N4O2/c1-15(16-6-7-18-13-19(27-2)9-8-17(18)12-16)20-14-21(25-28-20)24-22(23)26-10-4-3-5-11-26/h6-9,12-15H,3-5,10-11H2,1-2H3,(H2,23,24,25). The predicted octanol–water partition coefficient (Wildman–Crippen LogP) is 4.42. The van der Waals surface area contributed by atoms with Gasteiger partial charge in [-0.05, 0) is 47.7 Å². The number of rotatable bonds is 4. The summed E-state index contributed by atoms with van der Waals surface area (Å²) in [6, 6.07) is 14.3. The minimum Gasteiger partial charge on any atom is -0.497 e. The van der Waals surface area contributed by atoms with Crippen LogP contribution in [0.15, 0.2) is 52.0 Å². The molecule has 1 aliphatic heterocycles. The Morgan fingerprint density at radius 1 is 1.11 bits per heavy atom. The van der Waals surface area contributed by atoms with Crippen molar-refractivity contribution in [1.29, 1.82) is 0 Å². The Balaban J connectivity index is 1.53. The molecule has 0 amide bonds. The Morgan fingerprint density at radius 3 is 2.64 bits per heavy atom. The molecule has 2 N–H and O–H groups in total. The van der Waals surface area contributed by atoms with E-state index in [1.54, 1.807) is 7.11 Å². The molecule has 28 heavy (non-hydrogen) atoms. The average molecular weight is 378 g/mol. The van der Waals surface area contributed by atoms with Gasteiger partial charge in [0.2, 0.25) is 0 Å². The Kier molecular flexibility index (Phi) is 5.19. The van der Waals surface area contributed by atoms with Crippen LogP contribution in [-0.2, 0) is 0 Å². The molecule has 2 aromatic carbocycles. The van der Waals surface area contributed by atoms with E-state index in [-0.39, 0.29) is 5.92 Å². The van der Waals surface area contributed by atoms with E-state index in [1.807, 2.05) is 18.2 Å². The number of likely N-dealkylation sites (tertiary alicyclic amines) is 1. The number of methoxy groups -OCH3 is 1. The molecule has 0 radical (unpaired) electrons. The summed E-state index contributed by atoms with van der Waals surface area (Å²) < 4.78 is 10.9. The maximum Gasteiger partial charge on any atom is 0.198 e. The molecule has 6 heteroatoms. The van der Waals surface area contributed by atoms with E-state index in [0.29, 0.717) is 11.8 Å². The quantitative estimate of drug-likeness (QED) is 0.537. The molecule has 1 fully saturated rings. The number of nitrogens with zero attached hydrogens (tertiary/aromatic N) is 3. The summed E-state index contributed by atoms with van der Waals surface area (Å²) in [5.74, 6) is 2.75. The van der Waals surface area contributed by atoms with Gasteiger partial charge in [-0.3, -0.25) is 0 Å². The van der Waals surface area contributed by atoms with Gasteiger partial charge in [0.25, 0.3) is 0 Å². The van der Waals surface area contributed by atoms with Crippen LogP contribution in [0, 0.1) is 0 Å². The number of fused-ring (bicyclic) bond motifs is 1. The zero-order valence-electron chi connectivity index (χ0n) is 16.4. The van der Waals surface area contributed by atoms with Crippen molar-refractivity contribution in [1.82, 2.24) is 10.1 Å². The van der Waals surface area contributed by atoms with Gasteiger partial charge >= 0.3 is 0 Å². The summed E-state index contributed by atoms with van der Waals surface area (Å²) in [7, 11) is 1.68. The van der Waals surface area contributed by atoms with Crippen molar-refractivity contribution in [2.45, 2.75) is 32.1 Å². The van der Waals surface area contributed by atoms with E-state index < -0.39 is 0 Å². The first-order chi connectivity index (χ1) is 13.6. The maximum absolute atomic E-state index is 6.15. The van der Waals surface area contributed by atoms with Crippen LogP contribution in [0.4, 0.5) is 5.82 Å². The molecule has 3 aromatic rings. The highest BCUT2D eigenvalue weighted by Crippen LogP contribution is 2.30. The first-order valence-electron chi connectivity index (χ1n) is 9.77. The monoisotopic (exact) mass is 378 g/mol. The topological polar surface area (TPSA) is 76.9 Å². The van der Waals surface area contributed by atoms with Gasteiger partial charge in [0, 0.05) is 25.1 Å². The third-order valence-corrected chi connectivity index (χ3v) is 5.42. The SMILES string of the molecule is COc1ccc2cc(C(C)c3cc(N=C(N)N4CCCCC4)no3)ccc2c1. The van der Waals surface area contributed by atoms with E-state index in [0.717, 1.165) is 53.8 Å². The third-order valence-electron chi connectivity index (χ3n) is 5.42. The van der Waals surface area contributed by atoms with E-state index in [1.165, 1.54) is 6.42 Å². The summed E-state index contributed by atoms with van der Waals surface area (Å²) in [5, 5.41) is 6.41. The predicted molar refractivity (Wildman–Crippen MR) is 111 cm³/mol. The fourth-order valence-electron chi connectivity index (χ4n) is 3.65. The lowest BCUT2D eigenvalue weighted by Crippen LogP contribution is -2.40. The molecule has 0 saturated carbocycles. The molecule has 2 heterocycles. The van der Waals surface area contributed by atoms with E-state index in [9.17, 15) is 0 Å². The Hall–Kier alpha value is -3.02. The molecule has 1 aliphatic rings. The lowest BCUT2D eigenvalue weighted by molar-refractivity contribution is 0.338. The van der Waals surface area contributed by atoms with Crippen LogP contribution in [-0.4, -0.2) is 36.2 Å². The molecule has 4 rings (SSSR count). The molecular weight excluding hydrogens is 352 g/mol. The lowest BCUT2D eigenvalue weighted by Gasteiger charge is -2.27. The number of aromatic nitrogens is 1. The summed E-state index contributed by atoms with van der Waals surface area (Å²) in [6.07, 6.45) is 3.57. The summed E-state index contributed by atoms with van der Waals surface area (Å²) in [4.78, 5) is 6.56. The maximum atomic E-state index is 6.15. The number of hydrogen-bond acceptors (Lipinski definition) is 4. The summed E-state index contributed by atoms with van der Waals surface area (Å²) >= 11 is 0. The second-order valence-electron chi connectivity index (χ2n) is 7.30. The van der Waals surface area contributed by atoms with Crippen molar-refractivity contribution in [2.24, 2.45) is 10.7 Å². The Bertz CT molecular complexity index is 989. The normalized spacial score (nSPS) is 16.4. The minimum absolute atomic E-state index is 0.0687. The molecule has 146 valence electrons. The van der Waals surface area contributed by atoms with Crippen molar-refractivity contribution >= 4 is 22.5 Å². The largest absolute Gasteiger partial charge is 0.497 e. The number of guanidine groups is 1. The Morgan fingerprint density at radius 2 is 1.86 bits per heavy atom. The zero-order chi connectivity index (χ0) is 19.5. The van der Waals surface area contributed by atoms with Crippen molar-refractivity contribution in [3.8, 4) is 5.75 Å². The highest BCUT2D eigenvalue weighted by atomic mass is 16.5. The fourth-order valence-corrected chi connectivity index (χ4v) is 3.65. The average Bonchev–Trinajstić information content (AvgIpc) is 3.21. The van der Waals surface area contributed by atoms with Gasteiger partial charge in [-0.2, -0.15) is 4.99 Å². The van der Waals surface area contributed by atoms with E-state index in [2.05, 4.69) is 46.2 Å². The van der Waals surface area contributed by atoms with Crippen molar-refractivity contribution < 1.29 is 9.26 Å². The van der Waals surface area contributed by atoms with Gasteiger partial charge in [0.05, 0.1) is 7.11 Å². The van der Waals surface area contributed by atoms with Gasteiger partial charge in [-0.25, -0.2) is 0 Å². The number of aliphatic imine (C=N–C) groups is 1. The number of piperidine rings is 1. The highest BCUT2D eigenvalue weighted by Gasteiger charge is 2.17. The van der Waals surface area contributed by atoms with Crippen LogP contribution in [0.3, 0.4) is 0 Å². The number of ether oxygens (including phenoxy) is 1. The van der Waals surface area contributed by atoms with Crippen molar-refractivity contribution in [3.05, 3.63) is 53.8 Å². The fraction of sp³-hybridized carbons (Fsp3) is 0.364. The molecular formula is C22H26N4O2. The van der Waals surface area contributed by atoms with Crippen LogP contribution in [0.5, 0.6) is 5.75 Å². The van der Waals surface area contributed by atoms with Gasteiger partial charge in [0.1, 0.15) is 11.5 Å². The molecule has 0 aliphatic carbocycles. The van der Waals surface area contributed by atoms with Crippen LogP contribution < -0.4 is 10.5 Å². The molecule has 0 bridgehead atoms. The van der Waals surface area contributed by atoms with Gasteiger partial charge in [-0.15, -0.1) is 0 Å². The Labute approximate surface area is 165 Å². The number of hydrogen-bond donors (Lipinski definition) is 1. The van der Waals surface area contributed by atoms with Crippen molar-refractivity contribution in [2.75, 3.05) is 20.2 Å². The number of benzene rings is 2. The third kappa shape index (κ3) is 3.81. The molecule has 1 unspecified atom stereocenters. The van der Waals surface area contributed by atoms with Gasteiger partial charge < -0.3 is 19.9 Å².